The minimum Gasteiger partial charge on any atom is -0.477 e. The number of nitrogens with one attached hydrogen (secondary N) is 4. The largest absolute Gasteiger partial charge is 0.477 e. The van der Waals surface area contributed by atoms with E-state index >= 15 is 0 Å². The molecule has 5 fully saturated rings. The molecule has 0 saturated heterocycles. The number of carbonyl (C=O) groups is 3. The molecule has 3 aromatic carbocycles. The molecule has 0 radical (unpaired) electrons. The van der Waals surface area contributed by atoms with Gasteiger partial charge in [-0.2, -0.15) is 0 Å². The Kier molecular flexibility index (Phi) is 20.1. The molecule has 0 bridgehead atoms. The molecule has 460 valence electrons. The number of fused-ring (bicyclic) bond motifs is 3. The van der Waals surface area contributed by atoms with Gasteiger partial charge in [0.15, 0.2) is 26.8 Å². The van der Waals surface area contributed by atoms with Crippen molar-refractivity contribution >= 4 is 97.9 Å². The van der Waals surface area contributed by atoms with Crippen LogP contribution in [0, 0.1) is 0 Å². The van der Waals surface area contributed by atoms with Gasteiger partial charge >= 0.3 is 11.9 Å². The molecule has 14 rings (SSSR count). The predicted molar refractivity (Wildman–Crippen MR) is 339 cm³/mol. The summed E-state index contributed by atoms with van der Waals surface area (Å²) in [5.74, 6) is 0.897. The Hall–Kier alpha value is -8.17. The second-order valence-corrected chi connectivity index (χ2v) is 25.5. The van der Waals surface area contributed by atoms with Crippen molar-refractivity contribution in [1.29, 1.82) is 0 Å². The maximum atomic E-state index is 12.2. The first-order valence-corrected chi connectivity index (χ1v) is 32.2. The number of rotatable bonds is 16. The summed E-state index contributed by atoms with van der Waals surface area (Å²) < 4.78 is 20.4. The van der Waals surface area contributed by atoms with Gasteiger partial charge in [-0.25, -0.2) is 34.5 Å². The van der Waals surface area contributed by atoms with Gasteiger partial charge in [-0.3, -0.25) is 9.78 Å². The van der Waals surface area contributed by atoms with Crippen LogP contribution in [-0.4, -0.2) is 122 Å². The highest BCUT2D eigenvalue weighted by atomic mass is 32.1. The summed E-state index contributed by atoms with van der Waals surface area (Å²) in [6.45, 7) is 0. The predicted octanol–water partition coefficient (Wildman–Crippen LogP) is 12.0. The number of nitrogens with two attached hydrogens (primary N) is 1. The van der Waals surface area contributed by atoms with Gasteiger partial charge in [0.1, 0.15) is 40.2 Å². The number of nitrogens with zero attached hydrogens (tertiary/aromatic N) is 6. The lowest BCUT2D eigenvalue weighted by atomic mass is 9.93. The number of hydrogen-bond acceptors (Lipinski definition) is 22. The molecule has 6 aromatic heterocycles. The molecule has 5 saturated carbocycles. The van der Waals surface area contributed by atoms with Crippen molar-refractivity contribution in [1.82, 2.24) is 35.2 Å². The molecular formula is C63H69N11O11S3. The van der Waals surface area contributed by atoms with Gasteiger partial charge < -0.3 is 66.7 Å². The van der Waals surface area contributed by atoms with E-state index < -0.39 is 11.9 Å². The van der Waals surface area contributed by atoms with E-state index in [-0.39, 0.29) is 59.8 Å². The fourth-order valence-corrected chi connectivity index (χ4v) is 13.0. The van der Waals surface area contributed by atoms with Gasteiger partial charge in [0.05, 0.1) is 67.1 Å². The third-order valence-corrected chi connectivity index (χ3v) is 18.1. The van der Waals surface area contributed by atoms with Crippen molar-refractivity contribution < 1.29 is 54.1 Å². The van der Waals surface area contributed by atoms with Crippen LogP contribution in [0.15, 0.2) is 110 Å². The number of carboxylic acids is 2. The Balaban J connectivity index is 0.000000132. The summed E-state index contributed by atoms with van der Waals surface area (Å²) in [7, 11) is 0. The minimum atomic E-state index is -1.10. The first kappa shape index (κ1) is 61.5. The number of anilines is 3. The molecule has 6 heterocycles. The van der Waals surface area contributed by atoms with Crippen molar-refractivity contribution in [2.45, 2.75) is 151 Å². The van der Waals surface area contributed by atoms with Crippen molar-refractivity contribution in [2.24, 2.45) is 5.73 Å². The fraction of sp³-hybridized carbons (Fsp3) is 0.381. The number of pyridine rings is 3. The first-order valence-electron chi connectivity index (χ1n) is 29.7. The van der Waals surface area contributed by atoms with E-state index in [9.17, 15) is 29.7 Å². The average molecular weight is 1250 g/mol. The van der Waals surface area contributed by atoms with Crippen LogP contribution >= 0.6 is 34.0 Å². The van der Waals surface area contributed by atoms with Gasteiger partial charge in [-0.1, -0.05) is 72.5 Å². The number of amides is 1. The molecule has 1 amide bonds. The molecule has 0 spiro atoms. The van der Waals surface area contributed by atoms with Gasteiger partial charge in [0, 0.05) is 67.1 Å². The van der Waals surface area contributed by atoms with Crippen molar-refractivity contribution in [2.75, 3.05) is 16.0 Å². The van der Waals surface area contributed by atoms with Gasteiger partial charge in [0.2, 0.25) is 0 Å². The molecular weight excluding hydrogens is 1180 g/mol. The molecule has 88 heavy (non-hydrogen) atoms. The standard InChI is InChI=1S/C22H24N4O3S.2C19H19N3O4S.C3H7N/c27-19-4-2-1-3-16(19)25-22-26-17-8-7-14(12-20(17)30-22)29-15-9-10-23-18(11-15)21(28)24-13-5-6-13;2*23-16-4-2-1-3-13(16)21-19-22-14-6-5-11(10-17(14)27-19)26-12-7-8-20-15(9-12)18(24)25;4-3-1-2-3/h7-13,16,19,27H,1-6H2,(H,24,28)(H,25,26);2*5-10,13,16,23H,1-4H2,(H,21,22)(H,24,25);3H,1-2,4H2/t16-,19-;2*13-,16-;/m111./s1. The van der Waals surface area contributed by atoms with E-state index in [1.165, 1.54) is 60.0 Å². The number of carbonyl (C=O) groups excluding carboxylic acids is 1. The van der Waals surface area contributed by atoms with Crippen molar-refractivity contribution in [3.63, 3.8) is 0 Å². The van der Waals surface area contributed by atoms with Gasteiger partial charge in [-0.05, 0) is 119 Å². The zero-order chi connectivity index (χ0) is 61.1. The van der Waals surface area contributed by atoms with Crippen LogP contribution in [0.5, 0.6) is 34.5 Å². The second-order valence-electron chi connectivity index (χ2n) is 22.4. The SMILES string of the molecule is NC1CC1.O=C(NC1CC1)c1cc(Oc2ccc3nc(N[C@@H]4CCCC[C@H]4O)sc3c2)ccn1.O=C(O)c1cc(Oc2ccc3nc(N[C@@H]4CCCC[C@H]4O)sc3c2)ccn1.O=C(O)c1cc(Oc2ccc3nc(N[C@@H]4CCCC[C@H]4O)sc3c2)ccn1. The smallest absolute Gasteiger partial charge is 0.354 e. The van der Waals surface area contributed by atoms with Crippen molar-refractivity contribution in [3.8, 4) is 34.5 Å². The van der Waals surface area contributed by atoms with Crippen LogP contribution in [-0.2, 0) is 0 Å². The lowest BCUT2D eigenvalue weighted by Gasteiger charge is -2.27. The van der Waals surface area contributed by atoms with Crippen LogP contribution in [0.1, 0.15) is 134 Å². The molecule has 25 heteroatoms. The average Bonchev–Trinajstić information content (AvgIpc) is 4.51. The Morgan fingerprint density at radius 3 is 1.07 bits per heavy atom. The van der Waals surface area contributed by atoms with Crippen LogP contribution in [0.2, 0.25) is 0 Å². The Bertz CT molecular complexity index is 3720. The van der Waals surface area contributed by atoms with E-state index in [2.05, 4.69) is 51.2 Å². The molecule has 9 aromatic rings. The Morgan fingerprint density at radius 1 is 0.432 bits per heavy atom. The Labute approximate surface area is 518 Å². The molecule has 6 atom stereocenters. The number of thiazole rings is 3. The number of hydrogen-bond donors (Lipinski definition) is 10. The summed E-state index contributed by atoms with van der Waals surface area (Å²) >= 11 is 4.56. The number of aromatic carboxylic acids is 2. The number of carboxylic acid groups (broad SMARTS) is 2. The van der Waals surface area contributed by atoms with Crippen LogP contribution < -0.4 is 41.2 Å². The molecule has 5 aliphatic rings. The lowest BCUT2D eigenvalue weighted by molar-refractivity contribution is 0.0679. The summed E-state index contributed by atoms with van der Waals surface area (Å²) in [5.41, 5.74) is 8.03. The van der Waals surface area contributed by atoms with Crippen LogP contribution in [0.4, 0.5) is 15.4 Å². The zero-order valence-electron chi connectivity index (χ0n) is 48.0. The third kappa shape index (κ3) is 17.1. The molecule has 5 aliphatic carbocycles. The third-order valence-electron chi connectivity index (χ3n) is 15.3. The van der Waals surface area contributed by atoms with E-state index in [1.54, 1.807) is 53.9 Å². The van der Waals surface area contributed by atoms with E-state index in [0.29, 0.717) is 46.2 Å². The van der Waals surface area contributed by atoms with Crippen LogP contribution in [0.25, 0.3) is 30.6 Å². The van der Waals surface area contributed by atoms with Gasteiger partial charge in [0.25, 0.3) is 5.91 Å². The molecule has 22 nitrogen and oxygen atoms in total. The number of benzene rings is 3. The second kappa shape index (κ2) is 28.8. The summed E-state index contributed by atoms with van der Waals surface area (Å²) in [6, 6.07) is 27.2. The van der Waals surface area contributed by atoms with Gasteiger partial charge in [-0.15, -0.1) is 0 Å². The maximum absolute atomic E-state index is 12.2. The molecule has 11 N–H and O–H groups in total. The van der Waals surface area contributed by atoms with E-state index in [0.717, 1.165) is 136 Å². The maximum Gasteiger partial charge on any atom is 0.354 e. The number of aliphatic hydroxyl groups excluding tert-OH is 3. The van der Waals surface area contributed by atoms with Crippen LogP contribution in [0.3, 0.4) is 0 Å². The number of aromatic nitrogens is 6. The summed E-state index contributed by atoms with van der Waals surface area (Å²) in [6.07, 6.45) is 19.9. The highest BCUT2D eigenvalue weighted by Gasteiger charge is 2.28. The van der Waals surface area contributed by atoms with E-state index in [4.69, 9.17) is 30.2 Å². The summed E-state index contributed by atoms with van der Waals surface area (Å²) in [4.78, 5) is 59.7. The normalized spacial score (nSPS) is 20.6. The highest BCUT2D eigenvalue weighted by Crippen LogP contribution is 2.37. The highest BCUT2D eigenvalue weighted by molar-refractivity contribution is 7.23. The lowest BCUT2D eigenvalue weighted by Crippen LogP contribution is -2.36. The quantitative estimate of drug-likeness (QED) is 0.0430. The number of aliphatic hydroxyl groups is 3. The number of ether oxygens (including phenoxy) is 3. The zero-order valence-corrected chi connectivity index (χ0v) is 50.4. The first-order chi connectivity index (χ1) is 42.7. The monoisotopic (exact) mass is 1250 g/mol. The molecule has 0 unspecified atom stereocenters. The fourth-order valence-electron chi connectivity index (χ4n) is 10.2. The minimum absolute atomic E-state index is 0.0429. The topological polar surface area (TPSA) is 332 Å². The van der Waals surface area contributed by atoms with E-state index in [1.807, 2.05) is 42.5 Å². The summed E-state index contributed by atoms with van der Waals surface area (Å²) in [5, 5.41) is 63.9. The van der Waals surface area contributed by atoms with Crippen molar-refractivity contribution in [3.05, 3.63) is 127 Å². The molecule has 0 aliphatic heterocycles. The Morgan fingerprint density at radius 2 is 0.750 bits per heavy atom.